The molecule has 0 saturated carbocycles. The first-order valence-corrected chi connectivity index (χ1v) is 7.92. The SMILES string of the molecule is O=Cc1cccc(OPN2C(=O)c3ccccc3C2=O)c1Br. The Morgan fingerprint density at radius 1 is 1.00 bits per heavy atom. The zero-order valence-corrected chi connectivity index (χ0v) is 13.7. The quantitative estimate of drug-likeness (QED) is 0.465. The number of hydrogen-bond acceptors (Lipinski definition) is 4. The van der Waals surface area contributed by atoms with Crippen molar-refractivity contribution in [3.05, 3.63) is 63.6 Å². The minimum absolute atomic E-state index is 0.374. The molecule has 5 nitrogen and oxygen atoms in total. The molecule has 1 atom stereocenters. The van der Waals surface area contributed by atoms with Gasteiger partial charge in [-0.2, -0.15) is 0 Å². The zero-order valence-electron chi connectivity index (χ0n) is 11.1. The van der Waals surface area contributed by atoms with Crippen molar-refractivity contribution in [3.63, 3.8) is 0 Å². The van der Waals surface area contributed by atoms with Gasteiger partial charge in [0.05, 0.1) is 15.6 Å². The predicted molar refractivity (Wildman–Crippen MR) is 85.4 cm³/mol. The Labute approximate surface area is 136 Å². The Kier molecular flexibility index (Phi) is 4.05. The fourth-order valence-corrected chi connectivity index (χ4v) is 3.42. The number of imide groups is 1. The lowest BCUT2D eigenvalue weighted by Crippen LogP contribution is -2.21. The number of hydrogen-bond donors (Lipinski definition) is 0. The molecule has 0 saturated heterocycles. The molecule has 0 radical (unpaired) electrons. The first kappa shape index (κ1) is 14.9. The van der Waals surface area contributed by atoms with Gasteiger partial charge in [0.1, 0.15) is 5.75 Å². The van der Waals surface area contributed by atoms with Gasteiger partial charge in [-0.1, -0.05) is 24.3 Å². The smallest absolute Gasteiger partial charge is 0.267 e. The maximum Gasteiger partial charge on any atom is 0.267 e. The summed E-state index contributed by atoms with van der Waals surface area (Å²) in [5.74, 6) is -0.345. The highest BCUT2D eigenvalue weighted by atomic mass is 79.9. The molecular formula is C15H9BrNO4P. The van der Waals surface area contributed by atoms with Crippen LogP contribution in [0.3, 0.4) is 0 Å². The van der Waals surface area contributed by atoms with Gasteiger partial charge in [-0.3, -0.25) is 14.4 Å². The van der Waals surface area contributed by atoms with Crippen molar-refractivity contribution in [2.24, 2.45) is 0 Å². The van der Waals surface area contributed by atoms with Crippen LogP contribution < -0.4 is 4.52 Å². The second kappa shape index (κ2) is 5.99. The van der Waals surface area contributed by atoms with Crippen molar-refractivity contribution in [2.75, 3.05) is 0 Å². The topological polar surface area (TPSA) is 63.7 Å². The molecule has 1 unspecified atom stereocenters. The van der Waals surface area contributed by atoms with E-state index >= 15 is 0 Å². The molecule has 0 bridgehead atoms. The molecule has 3 rings (SSSR count). The van der Waals surface area contributed by atoms with E-state index in [9.17, 15) is 14.4 Å². The van der Waals surface area contributed by atoms with E-state index in [-0.39, 0.29) is 11.8 Å². The largest absolute Gasteiger partial charge is 0.454 e. The minimum Gasteiger partial charge on any atom is -0.454 e. The number of carbonyl (C=O) groups is 3. The standard InChI is InChI=1S/C15H9BrNO4P/c16-13-9(8-18)4-3-7-12(13)21-22-17-14(19)10-5-1-2-6-11(10)15(17)20/h1-8,22H. The van der Waals surface area contributed by atoms with Gasteiger partial charge in [-0.05, 0) is 34.1 Å². The first-order chi connectivity index (χ1) is 10.6. The summed E-state index contributed by atoms with van der Waals surface area (Å²) in [6.45, 7) is 0. The molecule has 0 aliphatic carbocycles. The van der Waals surface area contributed by atoms with Crippen molar-refractivity contribution < 1.29 is 18.9 Å². The second-order valence-electron chi connectivity index (χ2n) is 4.46. The highest BCUT2D eigenvalue weighted by Crippen LogP contribution is 2.37. The average molecular weight is 378 g/mol. The fourth-order valence-electron chi connectivity index (χ4n) is 2.06. The van der Waals surface area contributed by atoms with E-state index in [1.54, 1.807) is 42.5 Å². The number of amides is 2. The number of halogens is 1. The molecule has 1 aliphatic heterocycles. The number of fused-ring (bicyclic) bond motifs is 1. The number of nitrogens with zero attached hydrogens (tertiary/aromatic N) is 1. The molecule has 0 fully saturated rings. The minimum atomic E-state index is -0.497. The van der Waals surface area contributed by atoms with Crippen LogP contribution in [0.15, 0.2) is 46.9 Å². The van der Waals surface area contributed by atoms with Gasteiger partial charge in [-0.25, -0.2) is 4.67 Å². The van der Waals surface area contributed by atoms with Gasteiger partial charge in [0.2, 0.25) is 0 Å². The van der Waals surface area contributed by atoms with Crippen molar-refractivity contribution in [1.82, 2.24) is 4.67 Å². The average Bonchev–Trinajstić information content (AvgIpc) is 2.79. The van der Waals surface area contributed by atoms with Crippen LogP contribution in [0.1, 0.15) is 31.1 Å². The molecule has 2 aromatic rings. The molecule has 2 amide bonds. The van der Waals surface area contributed by atoms with Gasteiger partial charge in [0, 0.05) is 5.56 Å². The van der Waals surface area contributed by atoms with E-state index in [1.807, 2.05) is 0 Å². The van der Waals surface area contributed by atoms with E-state index in [0.29, 0.717) is 33.2 Å². The number of aldehydes is 1. The van der Waals surface area contributed by atoms with Crippen molar-refractivity contribution in [1.29, 1.82) is 0 Å². The summed E-state index contributed by atoms with van der Waals surface area (Å²) < 4.78 is 7.10. The van der Waals surface area contributed by atoms with Crippen LogP contribution in [0.2, 0.25) is 0 Å². The Balaban J connectivity index is 1.80. The third-order valence-corrected chi connectivity index (χ3v) is 4.91. The summed E-state index contributed by atoms with van der Waals surface area (Å²) >= 11 is 3.27. The van der Waals surface area contributed by atoms with Crippen LogP contribution in [0.5, 0.6) is 5.75 Å². The number of carbonyl (C=O) groups excluding carboxylic acids is 3. The Morgan fingerprint density at radius 2 is 1.64 bits per heavy atom. The van der Waals surface area contributed by atoms with E-state index < -0.39 is 8.96 Å². The summed E-state index contributed by atoms with van der Waals surface area (Å²) in [6, 6.07) is 11.6. The van der Waals surface area contributed by atoms with Crippen LogP contribution in [-0.4, -0.2) is 22.8 Å². The highest BCUT2D eigenvalue weighted by molar-refractivity contribution is 9.10. The molecule has 7 heteroatoms. The highest BCUT2D eigenvalue weighted by Gasteiger charge is 2.36. The fraction of sp³-hybridized carbons (Fsp3) is 0. The Hall–Kier alpha value is -2.04. The summed E-state index contributed by atoms with van der Waals surface area (Å²) in [7, 11) is -0.497. The maximum absolute atomic E-state index is 12.2. The molecule has 2 aromatic carbocycles. The molecule has 22 heavy (non-hydrogen) atoms. The third kappa shape index (κ3) is 2.45. The summed E-state index contributed by atoms with van der Waals surface area (Å²) in [5.41, 5.74) is 1.19. The summed E-state index contributed by atoms with van der Waals surface area (Å²) in [4.78, 5) is 35.3. The monoisotopic (exact) mass is 377 g/mol. The predicted octanol–water partition coefficient (Wildman–Crippen LogP) is 3.45. The van der Waals surface area contributed by atoms with Crippen molar-refractivity contribution in [2.45, 2.75) is 0 Å². The lowest BCUT2D eigenvalue weighted by molar-refractivity contribution is 0.0766. The second-order valence-corrected chi connectivity index (χ2v) is 6.09. The third-order valence-electron chi connectivity index (χ3n) is 3.16. The molecule has 0 aromatic heterocycles. The molecule has 1 aliphatic rings. The van der Waals surface area contributed by atoms with Crippen LogP contribution in [-0.2, 0) is 0 Å². The van der Waals surface area contributed by atoms with E-state index in [4.69, 9.17) is 4.52 Å². The number of benzene rings is 2. The lowest BCUT2D eigenvalue weighted by atomic mass is 10.1. The van der Waals surface area contributed by atoms with Crippen LogP contribution >= 0.6 is 24.9 Å². The van der Waals surface area contributed by atoms with Crippen LogP contribution in [0.4, 0.5) is 0 Å². The van der Waals surface area contributed by atoms with Crippen molar-refractivity contribution in [3.8, 4) is 5.75 Å². The van der Waals surface area contributed by atoms with Gasteiger partial charge in [0.25, 0.3) is 11.8 Å². The summed E-state index contributed by atoms with van der Waals surface area (Å²) in [5, 5.41) is 0. The van der Waals surface area contributed by atoms with E-state index in [2.05, 4.69) is 15.9 Å². The van der Waals surface area contributed by atoms with Gasteiger partial charge in [-0.15, -0.1) is 0 Å². The molecule has 0 N–H and O–H groups in total. The molecule has 110 valence electrons. The van der Waals surface area contributed by atoms with Gasteiger partial charge < -0.3 is 4.52 Å². The zero-order chi connectivity index (χ0) is 15.7. The van der Waals surface area contributed by atoms with E-state index in [0.717, 1.165) is 4.67 Å². The Bertz CT molecular complexity index is 758. The van der Waals surface area contributed by atoms with Gasteiger partial charge in [0.15, 0.2) is 15.2 Å². The normalized spacial score (nSPS) is 13.8. The molecule has 1 heterocycles. The Morgan fingerprint density at radius 3 is 2.23 bits per heavy atom. The van der Waals surface area contributed by atoms with E-state index in [1.165, 1.54) is 0 Å². The lowest BCUT2D eigenvalue weighted by Gasteiger charge is -2.15. The number of rotatable bonds is 4. The van der Waals surface area contributed by atoms with Gasteiger partial charge >= 0.3 is 0 Å². The first-order valence-electron chi connectivity index (χ1n) is 6.27. The molecule has 0 spiro atoms. The van der Waals surface area contributed by atoms with Crippen LogP contribution in [0.25, 0.3) is 0 Å². The maximum atomic E-state index is 12.2. The summed E-state index contributed by atoms with van der Waals surface area (Å²) in [6.07, 6.45) is 0.696. The van der Waals surface area contributed by atoms with Crippen LogP contribution in [0, 0.1) is 0 Å². The van der Waals surface area contributed by atoms with Crippen molar-refractivity contribution >= 4 is 43.0 Å². The molecular weight excluding hydrogens is 369 g/mol.